The fourth-order valence-corrected chi connectivity index (χ4v) is 3.65. The second kappa shape index (κ2) is 11.5. The van der Waals surface area contributed by atoms with Crippen molar-refractivity contribution in [2.75, 3.05) is 46.0 Å². The third-order valence-electron chi connectivity index (χ3n) is 5.43. The first-order chi connectivity index (χ1) is 16.6. The number of hydrogen-bond acceptors (Lipinski definition) is 7. The molecule has 9 nitrogen and oxygen atoms in total. The third-order valence-corrected chi connectivity index (χ3v) is 5.43. The molecule has 1 aliphatic heterocycles. The molecule has 2 aromatic carbocycles. The second-order valence-electron chi connectivity index (χ2n) is 7.81. The molecule has 0 aliphatic carbocycles. The number of ether oxygens (including phenoxy) is 2. The van der Waals surface area contributed by atoms with E-state index in [0.717, 1.165) is 29.6 Å². The molecule has 9 heteroatoms. The van der Waals surface area contributed by atoms with E-state index in [2.05, 4.69) is 10.2 Å². The summed E-state index contributed by atoms with van der Waals surface area (Å²) < 4.78 is 17.1. The lowest BCUT2D eigenvalue weighted by molar-refractivity contribution is -0.116. The van der Waals surface area contributed by atoms with Crippen LogP contribution >= 0.6 is 0 Å². The summed E-state index contributed by atoms with van der Waals surface area (Å²) in [7, 11) is 0. The second-order valence-corrected chi connectivity index (χ2v) is 7.81. The zero-order valence-corrected chi connectivity index (χ0v) is 18.7. The van der Waals surface area contributed by atoms with Gasteiger partial charge in [-0.15, -0.1) is 0 Å². The minimum atomic E-state index is -0.595. The fraction of sp³-hybridized carbons (Fsp3) is 0.280. The van der Waals surface area contributed by atoms with Crippen LogP contribution in [0.1, 0.15) is 16.1 Å². The van der Waals surface area contributed by atoms with E-state index in [1.807, 2.05) is 30.3 Å². The van der Waals surface area contributed by atoms with Crippen molar-refractivity contribution in [3.05, 3.63) is 72.0 Å². The lowest BCUT2D eigenvalue weighted by Crippen LogP contribution is -2.37. The Labute approximate surface area is 196 Å². The number of carbonyl (C=O) groups is 2. The quantitative estimate of drug-likeness (QED) is 0.193. The minimum absolute atomic E-state index is 0.234. The predicted molar refractivity (Wildman–Crippen MR) is 126 cm³/mol. The number of benzene rings is 2. The molecule has 1 aromatic heterocycles. The number of amides is 2. The first-order valence-corrected chi connectivity index (χ1v) is 11.1. The van der Waals surface area contributed by atoms with Crippen molar-refractivity contribution in [3.8, 4) is 5.75 Å². The van der Waals surface area contributed by atoms with E-state index in [1.165, 1.54) is 12.1 Å². The number of fused-ring (bicyclic) bond motifs is 1. The van der Waals surface area contributed by atoms with Gasteiger partial charge < -0.3 is 19.2 Å². The fourth-order valence-electron chi connectivity index (χ4n) is 3.65. The zero-order valence-electron chi connectivity index (χ0n) is 18.7. The Bertz CT molecular complexity index is 1120. The molecule has 0 radical (unpaired) electrons. The zero-order chi connectivity index (χ0) is 23.8. The number of morpholine rings is 1. The Hall–Kier alpha value is -3.66. The van der Waals surface area contributed by atoms with Crippen LogP contribution in [0.2, 0.25) is 0 Å². The van der Waals surface area contributed by atoms with Crippen molar-refractivity contribution in [1.82, 2.24) is 15.7 Å². The van der Waals surface area contributed by atoms with Crippen molar-refractivity contribution in [2.45, 2.75) is 0 Å². The van der Waals surface area contributed by atoms with Crippen molar-refractivity contribution in [3.63, 3.8) is 0 Å². The van der Waals surface area contributed by atoms with Crippen LogP contribution < -0.4 is 15.5 Å². The van der Waals surface area contributed by atoms with Crippen molar-refractivity contribution >= 4 is 28.4 Å². The SMILES string of the molecule is O=C(C=C(CN1CCOCC1)c1cc2ccccc2o1)NCCOc1ccc(C(=O)NO)cc1. The van der Waals surface area contributed by atoms with Gasteiger partial charge in [-0.1, -0.05) is 18.2 Å². The van der Waals surface area contributed by atoms with Crippen LogP contribution in [0.15, 0.2) is 65.1 Å². The molecule has 0 spiro atoms. The Morgan fingerprint density at radius 2 is 1.85 bits per heavy atom. The smallest absolute Gasteiger partial charge is 0.274 e. The molecular weight excluding hydrogens is 438 g/mol. The number of para-hydroxylation sites is 1. The maximum atomic E-state index is 12.7. The van der Waals surface area contributed by atoms with Gasteiger partial charge in [0.1, 0.15) is 23.7 Å². The number of hydrogen-bond donors (Lipinski definition) is 3. The number of nitrogens with one attached hydrogen (secondary N) is 2. The average Bonchev–Trinajstić information content (AvgIpc) is 3.31. The summed E-state index contributed by atoms with van der Waals surface area (Å²) in [6.45, 7) is 4.08. The lowest BCUT2D eigenvalue weighted by Gasteiger charge is -2.27. The standard InChI is InChI=1S/C25H27N3O6/c29-24(26-9-12-33-21-7-5-18(6-8-21)25(30)27-31)16-20(17-28-10-13-32-14-11-28)23-15-19-3-1-2-4-22(19)34-23/h1-8,15-16,31H,9-14,17H2,(H,26,29)(H,27,30). The van der Waals surface area contributed by atoms with Crippen LogP contribution in [0, 0.1) is 0 Å². The number of carbonyl (C=O) groups excluding carboxylic acids is 2. The summed E-state index contributed by atoms with van der Waals surface area (Å²) in [4.78, 5) is 26.2. The first-order valence-electron chi connectivity index (χ1n) is 11.1. The maximum Gasteiger partial charge on any atom is 0.274 e. The topological polar surface area (TPSA) is 113 Å². The van der Waals surface area contributed by atoms with Gasteiger partial charge in [0, 0.05) is 42.2 Å². The molecule has 3 aromatic rings. The van der Waals surface area contributed by atoms with Gasteiger partial charge in [0.05, 0.1) is 19.8 Å². The Kier molecular flexibility index (Phi) is 7.92. The van der Waals surface area contributed by atoms with Gasteiger partial charge in [-0.2, -0.15) is 0 Å². The summed E-state index contributed by atoms with van der Waals surface area (Å²) in [5.74, 6) is 0.394. The average molecular weight is 466 g/mol. The number of hydroxylamine groups is 1. The molecule has 178 valence electrons. The Morgan fingerprint density at radius 3 is 2.59 bits per heavy atom. The van der Waals surface area contributed by atoms with Crippen molar-refractivity contribution in [1.29, 1.82) is 0 Å². The summed E-state index contributed by atoms with van der Waals surface area (Å²) in [5.41, 5.74) is 3.47. The molecule has 3 N–H and O–H groups in total. The van der Waals surface area contributed by atoms with E-state index in [9.17, 15) is 9.59 Å². The van der Waals surface area contributed by atoms with E-state index < -0.39 is 5.91 Å². The molecule has 1 fully saturated rings. The van der Waals surface area contributed by atoms with Crippen molar-refractivity contribution < 1.29 is 28.7 Å². The highest BCUT2D eigenvalue weighted by Gasteiger charge is 2.17. The van der Waals surface area contributed by atoms with Crippen molar-refractivity contribution in [2.24, 2.45) is 0 Å². The van der Waals surface area contributed by atoms with Crippen LogP contribution in [0.5, 0.6) is 5.75 Å². The molecule has 0 saturated carbocycles. The summed E-state index contributed by atoms with van der Waals surface area (Å²) in [6.07, 6.45) is 1.58. The molecule has 0 bridgehead atoms. The van der Waals surface area contributed by atoms with E-state index in [0.29, 0.717) is 43.4 Å². The van der Waals surface area contributed by atoms with Gasteiger partial charge in [-0.05, 0) is 36.4 Å². The highest BCUT2D eigenvalue weighted by Crippen LogP contribution is 2.25. The molecule has 4 rings (SSSR count). The van der Waals surface area contributed by atoms with Gasteiger partial charge in [0.15, 0.2) is 0 Å². The Morgan fingerprint density at radius 1 is 1.09 bits per heavy atom. The largest absolute Gasteiger partial charge is 0.492 e. The van der Waals surface area contributed by atoms with Crippen LogP contribution in [-0.2, 0) is 9.53 Å². The van der Waals surface area contributed by atoms with Gasteiger partial charge in [0.25, 0.3) is 5.91 Å². The number of rotatable bonds is 9. The van der Waals surface area contributed by atoms with Crippen LogP contribution in [0.25, 0.3) is 16.5 Å². The molecule has 1 aliphatic rings. The van der Waals surface area contributed by atoms with Crippen LogP contribution in [0.3, 0.4) is 0 Å². The number of nitrogens with zero attached hydrogens (tertiary/aromatic N) is 1. The highest BCUT2D eigenvalue weighted by atomic mass is 16.5. The summed E-state index contributed by atoms with van der Waals surface area (Å²) in [6, 6.07) is 16.0. The van der Waals surface area contributed by atoms with E-state index in [1.54, 1.807) is 23.7 Å². The van der Waals surface area contributed by atoms with Gasteiger partial charge >= 0.3 is 0 Å². The summed E-state index contributed by atoms with van der Waals surface area (Å²) in [5, 5.41) is 12.5. The monoisotopic (exact) mass is 465 g/mol. The first kappa shape index (κ1) is 23.5. The van der Waals surface area contributed by atoms with Crippen LogP contribution in [-0.4, -0.2) is 67.9 Å². The predicted octanol–water partition coefficient (Wildman–Crippen LogP) is 2.46. The van der Waals surface area contributed by atoms with E-state index in [4.69, 9.17) is 19.1 Å². The minimum Gasteiger partial charge on any atom is -0.492 e. The van der Waals surface area contributed by atoms with Gasteiger partial charge in [-0.3, -0.25) is 19.7 Å². The van der Waals surface area contributed by atoms with Crippen LogP contribution in [0.4, 0.5) is 0 Å². The van der Waals surface area contributed by atoms with Gasteiger partial charge in [-0.25, -0.2) is 5.48 Å². The molecule has 2 heterocycles. The molecule has 1 saturated heterocycles. The molecule has 0 atom stereocenters. The highest BCUT2D eigenvalue weighted by molar-refractivity contribution is 5.96. The molecule has 0 unspecified atom stereocenters. The molecular formula is C25H27N3O6. The third kappa shape index (κ3) is 6.22. The molecule has 2 amide bonds. The Balaban J connectivity index is 1.36. The number of furan rings is 1. The van der Waals surface area contributed by atoms with Gasteiger partial charge in [0.2, 0.25) is 5.91 Å². The molecule has 34 heavy (non-hydrogen) atoms. The summed E-state index contributed by atoms with van der Waals surface area (Å²) >= 11 is 0. The normalized spacial score (nSPS) is 14.7. The lowest BCUT2D eigenvalue weighted by atomic mass is 10.1. The maximum absolute atomic E-state index is 12.7. The van der Waals surface area contributed by atoms with E-state index in [-0.39, 0.29) is 12.5 Å². The van der Waals surface area contributed by atoms with E-state index >= 15 is 0 Å².